The van der Waals surface area contributed by atoms with Crippen molar-refractivity contribution < 1.29 is 19.4 Å². The van der Waals surface area contributed by atoms with E-state index in [2.05, 4.69) is 0 Å². The molecule has 0 aliphatic carbocycles. The van der Waals surface area contributed by atoms with Crippen molar-refractivity contribution in [3.8, 4) is 0 Å². The number of hydrogen-bond donors (Lipinski definition) is 1. The summed E-state index contributed by atoms with van der Waals surface area (Å²) in [6, 6.07) is 7.78. The van der Waals surface area contributed by atoms with Crippen LogP contribution in [-0.2, 0) is 14.3 Å². The fourth-order valence-electron chi connectivity index (χ4n) is 3.47. The minimum absolute atomic E-state index is 0.0156. The highest BCUT2D eigenvalue weighted by molar-refractivity contribution is 6.00. The van der Waals surface area contributed by atoms with Crippen LogP contribution in [0, 0.1) is 18.3 Å². The van der Waals surface area contributed by atoms with E-state index in [1.807, 2.05) is 38.1 Å². The molecule has 6 heteroatoms. The summed E-state index contributed by atoms with van der Waals surface area (Å²) in [4.78, 5) is 28.8. The lowest BCUT2D eigenvalue weighted by atomic mass is 9.92. The highest BCUT2D eigenvalue weighted by Gasteiger charge is 2.39. The SMILES string of the molecule is Cc1ccc(N2CC(C(=O)N3CCOCC(C)(CO)C3)CC2=O)cc1. The molecule has 0 spiro atoms. The molecular weight excluding hydrogens is 320 g/mol. The summed E-state index contributed by atoms with van der Waals surface area (Å²) in [5.41, 5.74) is 1.52. The summed E-state index contributed by atoms with van der Waals surface area (Å²) < 4.78 is 5.54. The fourth-order valence-corrected chi connectivity index (χ4v) is 3.47. The Labute approximate surface area is 148 Å². The molecule has 136 valence electrons. The fraction of sp³-hybridized carbons (Fsp3) is 0.579. The second-order valence-electron chi connectivity index (χ2n) is 7.52. The maximum atomic E-state index is 12.9. The molecule has 0 bridgehead atoms. The number of aliphatic hydroxyl groups excluding tert-OH is 1. The molecule has 2 saturated heterocycles. The van der Waals surface area contributed by atoms with E-state index < -0.39 is 5.41 Å². The van der Waals surface area contributed by atoms with Gasteiger partial charge in [0.15, 0.2) is 0 Å². The molecule has 25 heavy (non-hydrogen) atoms. The van der Waals surface area contributed by atoms with E-state index in [-0.39, 0.29) is 30.8 Å². The minimum atomic E-state index is -0.453. The second-order valence-corrected chi connectivity index (χ2v) is 7.52. The smallest absolute Gasteiger partial charge is 0.228 e. The summed E-state index contributed by atoms with van der Waals surface area (Å²) in [7, 11) is 0. The Hall–Kier alpha value is -1.92. The summed E-state index contributed by atoms with van der Waals surface area (Å²) >= 11 is 0. The maximum absolute atomic E-state index is 12.9. The van der Waals surface area contributed by atoms with E-state index in [9.17, 15) is 14.7 Å². The number of aryl methyl sites for hydroxylation is 1. The van der Waals surface area contributed by atoms with Gasteiger partial charge in [-0.2, -0.15) is 0 Å². The number of hydrogen-bond acceptors (Lipinski definition) is 4. The molecule has 6 nitrogen and oxygen atoms in total. The van der Waals surface area contributed by atoms with Crippen molar-refractivity contribution in [2.24, 2.45) is 11.3 Å². The van der Waals surface area contributed by atoms with Gasteiger partial charge in [-0.05, 0) is 19.1 Å². The third-order valence-electron chi connectivity index (χ3n) is 5.04. The maximum Gasteiger partial charge on any atom is 0.228 e. The van der Waals surface area contributed by atoms with Crippen LogP contribution in [-0.4, -0.2) is 61.3 Å². The molecule has 0 aromatic heterocycles. The van der Waals surface area contributed by atoms with Crippen molar-refractivity contribution in [3.63, 3.8) is 0 Å². The van der Waals surface area contributed by atoms with Gasteiger partial charge in [0.1, 0.15) is 0 Å². The molecule has 1 aromatic carbocycles. The largest absolute Gasteiger partial charge is 0.396 e. The number of carbonyl (C=O) groups excluding carboxylic acids is 2. The van der Waals surface area contributed by atoms with Crippen LogP contribution in [0.15, 0.2) is 24.3 Å². The molecule has 2 aliphatic heterocycles. The molecule has 2 amide bonds. The van der Waals surface area contributed by atoms with E-state index in [4.69, 9.17) is 4.74 Å². The van der Waals surface area contributed by atoms with Crippen LogP contribution in [0.4, 0.5) is 5.69 Å². The van der Waals surface area contributed by atoms with Gasteiger partial charge in [-0.1, -0.05) is 24.6 Å². The van der Waals surface area contributed by atoms with Gasteiger partial charge in [0.05, 0.1) is 25.7 Å². The van der Waals surface area contributed by atoms with Crippen LogP contribution in [0.5, 0.6) is 0 Å². The summed E-state index contributed by atoms with van der Waals surface area (Å²) in [5.74, 6) is -0.374. The van der Waals surface area contributed by atoms with Crippen molar-refractivity contribution in [1.82, 2.24) is 4.90 Å². The number of anilines is 1. The zero-order valence-corrected chi connectivity index (χ0v) is 14.9. The van der Waals surface area contributed by atoms with Crippen molar-refractivity contribution in [2.75, 3.05) is 44.4 Å². The molecule has 2 fully saturated rings. The predicted octanol–water partition coefficient (Wildman–Crippen LogP) is 1.21. The van der Waals surface area contributed by atoms with Crippen molar-refractivity contribution in [3.05, 3.63) is 29.8 Å². The van der Waals surface area contributed by atoms with Crippen LogP contribution >= 0.6 is 0 Å². The lowest BCUT2D eigenvalue weighted by Gasteiger charge is -2.31. The standard InChI is InChI=1S/C19H26N2O4/c1-14-3-5-16(6-4-14)21-10-15(9-17(21)23)18(24)20-7-8-25-13-19(2,11-20)12-22/h3-6,15,22H,7-13H2,1-2H3. The highest BCUT2D eigenvalue weighted by Crippen LogP contribution is 2.28. The minimum Gasteiger partial charge on any atom is -0.396 e. The Balaban J connectivity index is 1.70. The van der Waals surface area contributed by atoms with Gasteiger partial charge in [-0.25, -0.2) is 0 Å². The number of aliphatic hydroxyl groups is 1. The predicted molar refractivity (Wildman–Crippen MR) is 94.2 cm³/mol. The normalized spacial score (nSPS) is 27.5. The average molecular weight is 346 g/mol. The Morgan fingerprint density at radius 2 is 2.08 bits per heavy atom. The van der Waals surface area contributed by atoms with E-state index in [1.54, 1.807) is 9.80 Å². The van der Waals surface area contributed by atoms with E-state index in [0.29, 0.717) is 32.8 Å². The average Bonchev–Trinajstić information content (AvgIpc) is 2.87. The van der Waals surface area contributed by atoms with Gasteiger partial charge in [0.2, 0.25) is 11.8 Å². The number of nitrogens with zero attached hydrogens (tertiary/aromatic N) is 2. The van der Waals surface area contributed by atoms with E-state index in [0.717, 1.165) is 11.3 Å². The molecule has 2 unspecified atom stereocenters. The van der Waals surface area contributed by atoms with Gasteiger partial charge in [0.25, 0.3) is 0 Å². The third-order valence-corrected chi connectivity index (χ3v) is 5.04. The molecule has 2 heterocycles. The Bertz CT molecular complexity index is 645. The van der Waals surface area contributed by atoms with Crippen LogP contribution in [0.3, 0.4) is 0 Å². The third kappa shape index (κ3) is 3.85. The molecule has 3 rings (SSSR count). The quantitative estimate of drug-likeness (QED) is 0.893. The van der Waals surface area contributed by atoms with Gasteiger partial charge in [-0.3, -0.25) is 9.59 Å². The van der Waals surface area contributed by atoms with Crippen LogP contribution in [0.25, 0.3) is 0 Å². The summed E-state index contributed by atoms with van der Waals surface area (Å²) in [5, 5.41) is 9.62. The lowest BCUT2D eigenvalue weighted by Crippen LogP contribution is -2.45. The molecule has 0 radical (unpaired) electrons. The Kier molecular flexibility index (Phi) is 5.11. The number of rotatable bonds is 3. The van der Waals surface area contributed by atoms with Gasteiger partial charge < -0.3 is 19.6 Å². The Morgan fingerprint density at radius 1 is 1.36 bits per heavy atom. The first-order valence-corrected chi connectivity index (χ1v) is 8.76. The first kappa shape index (κ1) is 17.9. The van der Waals surface area contributed by atoms with E-state index in [1.165, 1.54) is 0 Å². The molecule has 1 aromatic rings. The lowest BCUT2D eigenvalue weighted by molar-refractivity contribution is -0.137. The second kappa shape index (κ2) is 7.14. The van der Waals surface area contributed by atoms with Gasteiger partial charge in [-0.15, -0.1) is 0 Å². The number of carbonyl (C=O) groups is 2. The zero-order valence-electron chi connectivity index (χ0n) is 14.9. The number of benzene rings is 1. The summed E-state index contributed by atoms with van der Waals surface area (Å²) in [6.45, 7) is 6.15. The van der Waals surface area contributed by atoms with Crippen molar-refractivity contribution in [1.29, 1.82) is 0 Å². The summed E-state index contributed by atoms with van der Waals surface area (Å²) in [6.07, 6.45) is 0.236. The van der Waals surface area contributed by atoms with Gasteiger partial charge >= 0.3 is 0 Å². The highest BCUT2D eigenvalue weighted by atomic mass is 16.5. The molecule has 2 aliphatic rings. The van der Waals surface area contributed by atoms with Crippen LogP contribution < -0.4 is 4.90 Å². The van der Waals surface area contributed by atoms with Gasteiger partial charge in [0, 0.05) is 37.2 Å². The zero-order chi connectivity index (χ0) is 18.0. The van der Waals surface area contributed by atoms with Crippen LogP contribution in [0.1, 0.15) is 18.9 Å². The topological polar surface area (TPSA) is 70.1 Å². The first-order valence-electron chi connectivity index (χ1n) is 8.76. The number of ether oxygens (including phenoxy) is 1. The molecule has 1 N–H and O–H groups in total. The molecule has 2 atom stereocenters. The Morgan fingerprint density at radius 3 is 2.76 bits per heavy atom. The monoisotopic (exact) mass is 346 g/mol. The number of amides is 2. The first-order chi connectivity index (χ1) is 11.9. The van der Waals surface area contributed by atoms with Crippen LogP contribution in [0.2, 0.25) is 0 Å². The molecular formula is C19H26N2O4. The van der Waals surface area contributed by atoms with E-state index >= 15 is 0 Å². The molecule has 0 saturated carbocycles. The van der Waals surface area contributed by atoms with Crippen molar-refractivity contribution >= 4 is 17.5 Å². The van der Waals surface area contributed by atoms with Crippen molar-refractivity contribution in [2.45, 2.75) is 20.3 Å².